The Labute approximate surface area is 87.0 Å². The number of nitrogens with zero attached hydrogens (tertiary/aromatic N) is 1. The zero-order valence-electron chi connectivity index (χ0n) is 8.33. The monoisotopic (exact) mass is 209 g/mol. The molecule has 0 saturated carbocycles. The van der Waals surface area contributed by atoms with Gasteiger partial charge in [0.05, 0.1) is 0 Å². The number of hydrazone groups is 1. The van der Waals surface area contributed by atoms with Gasteiger partial charge in [-0.05, 0) is 18.6 Å². The number of hydrogen-bond acceptors (Lipinski definition) is 2. The maximum Gasteiger partial charge on any atom is 0.332 e. The van der Waals surface area contributed by atoms with E-state index in [1.807, 2.05) is 0 Å². The minimum Gasteiger partial charge on any atom is -0.350 e. The Morgan fingerprint density at radius 1 is 1.53 bits per heavy atom. The summed E-state index contributed by atoms with van der Waals surface area (Å²) in [6, 6.07) is 5.67. The van der Waals surface area contributed by atoms with Crippen LogP contribution in [0, 0.1) is 5.82 Å². The lowest BCUT2D eigenvalue weighted by atomic mass is 10.1. The summed E-state index contributed by atoms with van der Waals surface area (Å²) in [6.45, 7) is 1.68. The summed E-state index contributed by atoms with van der Waals surface area (Å²) in [4.78, 5) is 10.4. The number of halogens is 1. The molecule has 0 aliphatic heterocycles. The van der Waals surface area contributed by atoms with Gasteiger partial charge in [-0.1, -0.05) is 18.2 Å². The summed E-state index contributed by atoms with van der Waals surface area (Å²) < 4.78 is 13.2. The molecule has 0 fully saturated rings. The Hall–Kier alpha value is -1.91. The fourth-order valence-corrected chi connectivity index (χ4v) is 1.11. The minimum absolute atomic E-state index is 0.286. The third-order valence-electron chi connectivity index (χ3n) is 1.76. The molecule has 0 aromatic heterocycles. The SMILES string of the molecule is C/C(Cc1ccccc1F)=N/NC(N)=O. The maximum absolute atomic E-state index is 13.2. The van der Waals surface area contributed by atoms with Crippen molar-refractivity contribution < 1.29 is 9.18 Å². The van der Waals surface area contributed by atoms with Gasteiger partial charge >= 0.3 is 6.03 Å². The molecular formula is C10H12FN3O. The van der Waals surface area contributed by atoms with Crippen LogP contribution >= 0.6 is 0 Å². The predicted molar refractivity (Wildman–Crippen MR) is 55.9 cm³/mol. The number of amides is 2. The Morgan fingerprint density at radius 3 is 2.80 bits per heavy atom. The summed E-state index contributed by atoms with van der Waals surface area (Å²) in [7, 11) is 0. The Balaban J connectivity index is 2.66. The fourth-order valence-electron chi connectivity index (χ4n) is 1.11. The maximum atomic E-state index is 13.2. The van der Waals surface area contributed by atoms with E-state index < -0.39 is 6.03 Å². The van der Waals surface area contributed by atoms with E-state index in [1.165, 1.54) is 6.07 Å². The van der Waals surface area contributed by atoms with E-state index in [-0.39, 0.29) is 5.82 Å². The number of hydrogen-bond donors (Lipinski definition) is 2. The van der Waals surface area contributed by atoms with Crippen molar-refractivity contribution in [2.24, 2.45) is 10.8 Å². The lowest BCUT2D eigenvalue weighted by molar-refractivity contribution is 0.249. The fraction of sp³-hybridized carbons (Fsp3) is 0.200. The van der Waals surface area contributed by atoms with Gasteiger partial charge in [0, 0.05) is 12.1 Å². The van der Waals surface area contributed by atoms with E-state index in [4.69, 9.17) is 5.73 Å². The summed E-state index contributed by atoms with van der Waals surface area (Å²) in [5.74, 6) is -0.286. The van der Waals surface area contributed by atoms with Crippen molar-refractivity contribution >= 4 is 11.7 Å². The van der Waals surface area contributed by atoms with Crippen molar-refractivity contribution in [2.75, 3.05) is 0 Å². The molecule has 4 nitrogen and oxygen atoms in total. The summed E-state index contributed by atoms with van der Waals surface area (Å²) in [5, 5.41) is 3.69. The van der Waals surface area contributed by atoms with Crippen LogP contribution in [-0.2, 0) is 6.42 Å². The van der Waals surface area contributed by atoms with Crippen LogP contribution in [0.4, 0.5) is 9.18 Å². The molecule has 1 aromatic rings. The quantitative estimate of drug-likeness (QED) is 0.573. The van der Waals surface area contributed by atoms with Gasteiger partial charge in [0.2, 0.25) is 0 Å². The van der Waals surface area contributed by atoms with Crippen LogP contribution in [-0.4, -0.2) is 11.7 Å². The van der Waals surface area contributed by atoms with Crippen molar-refractivity contribution in [3.8, 4) is 0 Å². The first-order valence-corrected chi connectivity index (χ1v) is 4.41. The third-order valence-corrected chi connectivity index (χ3v) is 1.76. The first-order valence-electron chi connectivity index (χ1n) is 4.41. The first-order chi connectivity index (χ1) is 7.09. The first kappa shape index (κ1) is 11.2. The molecule has 0 aliphatic carbocycles. The number of nitrogens with one attached hydrogen (secondary N) is 1. The highest BCUT2D eigenvalue weighted by molar-refractivity contribution is 5.85. The van der Waals surface area contributed by atoms with Gasteiger partial charge in [-0.3, -0.25) is 0 Å². The minimum atomic E-state index is -0.733. The van der Waals surface area contributed by atoms with E-state index in [9.17, 15) is 9.18 Å². The molecule has 80 valence electrons. The number of carbonyl (C=O) groups excluding carboxylic acids is 1. The van der Waals surface area contributed by atoms with Crippen LogP contribution in [0.1, 0.15) is 12.5 Å². The average Bonchev–Trinajstić information content (AvgIpc) is 2.18. The molecular weight excluding hydrogens is 197 g/mol. The molecule has 0 radical (unpaired) electrons. The van der Waals surface area contributed by atoms with Crippen LogP contribution in [0.2, 0.25) is 0 Å². The van der Waals surface area contributed by atoms with Crippen molar-refractivity contribution in [2.45, 2.75) is 13.3 Å². The third kappa shape index (κ3) is 3.76. The van der Waals surface area contributed by atoms with Gasteiger partial charge in [0.15, 0.2) is 0 Å². The lowest BCUT2D eigenvalue weighted by Gasteiger charge is -2.02. The molecule has 0 heterocycles. The van der Waals surface area contributed by atoms with Crippen LogP contribution in [0.25, 0.3) is 0 Å². The van der Waals surface area contributed by atoms with Crippen LogP contribution in [0.3, 0.4) is 0 Å². The largest absolute Gasteiger partial charge is 0.350 e. The van der Waals surface area contributed by atoms with Crippen molar-refractivity contribution in [1.29, 1.82) is 0 Å². The standard InChI is InChI=1S/C10H12FN3O/c1-7(13-14-10(12)15)6-8-4-2-3-5-9(8)11/h2-5H,6H2,1H3,(H3,12,14,15)/b13-7-. The number of benzene rings is 1. The average molecular weight is 209 g/mol. The normalized spacial score (nSPS) is 11.2. The summed E-state index contributed by atoms with van der Waals surface area (Å²) in [5.41, 5.74) is 8.04. The number of rotatable bonds is 3. The van der Waals surface area contributed by atoms with Gasteiger partial charge in [0.25, 0.3) is 0 Å². The zero-order chi connectivity index (χ0) is 11.3. The molecule has 15 heavy (non-hydrogen) atoms. The van der Waals surface area contributed by atoms with Crippen LogP contribution in [0.15, 0.2) is 29.4 Å². The molecule has 0 atom stereocenters. The molecule has 0 spiro atoms. The van der Waals surface area contributed by atoms with Gasteiger partial charge in [-0.25, -0.2) is 14.6 Å². The van der Waals surface area contributed by atoms with E-state index >= 15 is 0 Å². The molecule has 5 heteroatoms. The molecule has 0 saturated heterocycles. The second-order valence-electron chi connectivity index (χ2n) is 3.09. The Morgan fingerprint density at radius 2 is 2.20 bits per heavy atom. The zero-order valence-corrected chi connectivity index (χ0v) is 8.33. The summed E-state index contributed by atoms with van der Waals surface area (Å²) in [6.07, 6.45) is 0.340. The van der Waals surface area contributed by atoms with E-state index in [2.05, 4.69) is 10.5 Å². The molecule has 0 unspecified atom stereocenters. The Bertz CT molecular complexity index is 390. The van der Waals surface area contributed by atoms with Gasteiger partial charge < -0.3 is 5.73 Å². The highest BCUT2D eigenvalue weighted by atomic mass is 19.1. The molecule has 3 N–H and O–H groups in total. The van der Waals surface area contributed by atoms with Crippen LogP contribution < -0.4 is 11.2 Å². The smallest absolute Gasteiger partial charge is 0.332 e. The number of primary amides is 1. The second-order valence-corrected chi connectivity index (χ2v) is 3.09. The number of carbonyl (C=O) groups is 1. The molecule has 1 rings (SSSR count). The lowest BCUT2D eigenvalue weighted by Crippen LogP contribution is -2.25. The van der Waals surface area contributed by atoms with E-state index in [0.29, 0.717) is 17.7 Å². The summed E-state index contributed by atoms with van der Waals surface area (Å²) >= 11 is 0. The number of nitrogens with two attached hydrogens (primary N) is 1. The van der Waals surface area contributed by atoms with Crippen LogP contribution in [0.5, 0.6) is 0 Å². The number of urea groups is 1. The Kier molecular flexibility index (Phi) is 3.79. The predicted octanol–water partition coefficient (Wildman–Crippen LogP) is 1.41. The van der Waals surface area contributed by atoms with Gasteiger partial charge in [-0.2, -0.15) is 5.10 Å². The topological polar surface area (TPSA) is 67.5 Å². The molecule has 1 aromatic carbocycles. The van der Waals surface area contributed by atoms with E-state index in [1.54, 1.807) is 25.1 Å². The highest BCUT2D eigenvalue weighted by Crippen LogP contribution is 2.07. The van der Waals surface area contributed by atoms with Crippen molar-refractivity contribution in [3.05, 3.63) is 35.6 Å². The van der Waals surface area contributed by atoms with Crippen molar-refractivity contribution in [1.82, 2.24) is 5.43 Å². The molecule has 2 amide bonds. The van der Waals surface area contributed by atoms with Crippen molar-refractivity contribution in [3.63, 3.8) is 0 Å². The van der Waals surface area contributed by atoms with E-state index in [0.717, 1.165) is 0 Å². The molecule has 0 aliphatic rings. The van der Waals surface area contributed by atoms with Gasteiger partial charge in [-0.15, -0.1) is 0 Å². The highest BCUT2D eigenvalue weighted by Gasteiger charge is 2.02. The second kappa shape index (κ2) is 5.09. The van der Waals surface area contributed by atoms with Gasteiger partial charge in [0.1, 0.15) is 5.82 Å². The molecule has 0 bridgehead atoms.